The van der Waals surface area contributed by atoms with E-state index in [9.17, 15) is 0 Å². The van der Waals surface area contributed by atoms with E-state index in [1.165, 1.54) is 0 Å². The Morgan fingerprint density at radius 2 is 2.13 bits per heavy atom. The normalized spacial score (nSPS) is 10.4. The second-order valence-corrected chi connectivity index (χ2v) is 3.99. The van der Waals surface area contributed by atoms with Gasteiger partial charge in [-0.2, -0.15) is 0 Å². The van der Waals surface area contributed by atoms with Gasteiger partial charge in [-0.3, -0.25) is 0 Å². The molecule has 2 aromatic rings. The molecular formula is C10H11N3OS. The average molecular weight is 221 g/mol. The molecule has 4 N–H and O–H groups in total. The summed E-state index contributed by atoms with van der Waals surface area (Å²) < 4.78 is 5.20. The van der Waals surface area contributed by atoms with Gasteiger partial charge in [0.15, 0.2) is 0 Å². The minimum atomic E-state index is 0.374. The van der Waals surface area contributed by atoms with E-state index in [-0.39, 0.29) is 0 Å². The second kappa shape index (κ2) is 4.27. The first kappa shape index (κ1) is 9.92. The molecule has 2 aromatic heterocycles. The van der Waals surface area contributed by atoms with Crippen LogP contribution in [0.5, 0.6) is 0 Å². The van der Waals surface area contributed by atoms with Crippen LogP contribution in [-0.4, -0.2) is 4.98 Å². The first-order chi connectivity index (χ1) is 7.25. The Kier molecular flexibility index (Phi) is 2.82. The number of thioether (sulfide) groups is 1. The van der Waals surface area contributed by atoms with Crippen LogP contribution in [0.1, 0.15) is 5.76 Å². The lowest BCUT2D eigenvalue weighted by molar-refractivity contribution is 0.530. The maximum absolute atomic E-state index is 5.60. The number of nitrogens with zero attached hydrogens (tertiary/aromatic N) is 1. The van der Waals surface area contributed by atoms with Crippen molar-refractivity contribution in [2.24, 2.45) is 0 Å². The molecule has 2 heterocycles. The molecule has 0 aliphatic heterocycles. The maximum Gasteiger partial charge on any atom is 0.147 e. The highest BCUT2D eigenvalue weighted by molar-refractivity contribution is 7.98. The molecule has 5 heteroatoms. The topological polar surface area (TPSA) is 78.1 Å². The Balaban J connectivity index is 2.02. The van der Waals surface area contributed by atoms with Crippen LogP contribution in [0.25, 0.3) is 0 Å². The van der Waals surface area contributed by atoms with Gasteiger partial charge in [0.1, 0.15) is 11.6 Å². The number of nitrogen functional groups attached to an aromatic ring is 2. The molecule has 15 heavy (non-hydrogen) atoms. The van der Waals surface area contributed by atoms with Crippen molar-refractivity contribution in [3.05, 3.63) is 36.3 Å². The molecule has 0 atom stereocenters. The summed E-state index contributed by atoms with van der Waals surface area (Å²) >= 11 is 1.56. The SMILES string of the molecule is Nc1ccc(SCc2ccco2)nc1N. The third kappa shape index (κ3) is 2.44. The molecule has 0 saturated carbocycles. The van der Waals surface area contributed by atoms with Gasteiger partial charge < -0.3 is 15.9 Å². The number of aromatic nitrogens is 1. The summed E-state index contributed by atoms with van der Waals surface area (Å²) in [6.07, 6.45) is 1.65. The summed E-state index contributed by atoms with van der Waals surface area (Å²) in [6, 6.07) is 7.39. The van der Waals surface area contributed by atoms with Crippen molar-refractivity contribution in [2.45, 2.75) is 10.8 Å². The van der Waals surface area contributed by atoms with Crippen LogP contribution in [0.3, 0.4) is 0 Å². The fourth-order valence-corrected chi connectivity index (χ4v) is 1.87. The maximum atomic E-state index is 5.60. The molecule has 0 spiro atoms. The van der Waals surface area contributed by atoms with Crippen molar-refractivity contribution in [3.8, 4) is 0 Å². The number of anilines is 2. The van der Waals surface area contributed by atoms with Gasteiger partial charge in [-0.1, -0.05) is 11.8 Å². The number of pyridine rings is 1. The van der Waals surface area contributed by atoms with E-state index in [0.717, 1.165) is 16.5 Å². The first-order valence-corrected chi connectivity index (χ1v) is 5.41. The summed E-state index contributed by atoms with van der Waals surface area (Å²) in [5.74, 6) is 2.03. The van der Waals surface area contributed by atoms with E-state index in [4.69, 9.17) is 15.9 Å². The van der Waals surface area contributed by atoms with E-state index in [1.54, 1.807) is 24.1 Å². The van der Waals surface area contributed by atoms with E-state index < -0.39 is 0 Å². The van der Waals surface area contributed by atoms with Crippen LogP contribution in [0.15, 0.2) is 40.0 Å². The van der Waals surface area contributed by atoms with Crippen molar-refractivity contribution in [2.75, 3.05) is 11.5 Å². The van der Waals surface area contributed by atoms with Crippen LogP contribution in [0.2, 0.25) is 0 Å². The van der Waals surface area contributed by atoms with Crippen LogP contribution in [0, 0.1) is 0 Å². The fourth-order valence-electron chi connectivity index (χ4n) is 1.09. The van der Waals surface area contributed by atoms with Crippen molar-refractivity contribution >= 4 is 23.3 Å². The molecule has 0 saturated heterocycles. The second-order valence-electron chi connectivity index (χ2n) is 2.99. The lowest BCUT2D eigenvalue weighted by atomic mass is 10.4. The zero-order valence-corrected chi connectivity index (χ0v) is 8.83. The van der Waals surface area contributed by atoms with Gasteiger partial charge in [-0.25, -0.2) is 4.98 Å². The number of nitrogens with two attached hydrogens (primary N) is 2. The van der Waals surface area contributed by atoms with E-state index >= 15 is 0 Å². The van der Waals surface area contributed by atoms with Gasteiger partial charge in [0.05, 0.1) is 22.7 Å². The molecule has 0 aromatic carbocycles. The molecule has 0 aliphatic carbocycles. The van der Waals surface area contributed by atoms with Gasteiger partial charge >= 0.3 is 0 Å². The highest BCUT2D eigenvalue weighted by atomic mass is 32.2. The molecule has 0 amide bonds. The number of hydrogen-bond acceptors (Lipinski definition) is 5. The summed E-state index contributed by atoms with van der Waals surface area (Å²) in [5.41, 5.74) is 11.7. The van der Waals surface area contributed by atoms with E-state index in [1.807, 2.05) is 18.2 Å². The van der Waals surface area contributed by atoms with Crippen LogP contribution < -0.4 is 11.5 Å². The Morgan fingerprint density at radius 3 is 2.80 bits per heavy atom. The molecule has 4 nitrogen and oxygen atoms in total. The first-order valence-electron chi connectivity index (χ1n) is 4.43. The van der Waals surface area contributed by atoms with E-state index in [0.29, 0.717) is 11.5 Å². The van der Waals surface area contributed by atoms with Gasteiger partial charge in [0.2, 0.25) is 0 Å². The van der Waals surface area contributed by atoms with Gasteiger partial charge in [0.25, 0.3) is 0 Å². The van der Waals surface area contributed by atoms with Gasteiger partial charge in [0, 0.05) is 0 Å². The smallest absolute Gasteiger partial charge is 0.147 e. The highest BCUT2D eigenvalue weighted by Crippen LogP contribution is 2.23. The van der Waals surface area contributed by atoms with Crippen molar-refractivity contribution < 1.29 is 4.42 Å². The molecule has 0 aliphatic rings. The quantitative estimate of drug-likeness (QED) is 0.776. The minimum Gasteiger partial charge on any atom is -0.468 e. The third-order valence-corrected chi connectivity index (χ3v) is 2.83. The monoisotopic (exact) mass is 221 g/mol. The largest absolute Gasteiger partial charge is 0.468 e. The average Bonchev–Trinajstić information content (AvgIpc) is 2.73. The summed E-state index contributed by atoms with van der Waals surface area (Å²) in [4.78, 5) is 4.15. The molecule has 0 unspecified atom stereocenters. The van der Waals surface area contributed by atoms with Crippen LogP contribution in [-0.2, 0) is 5.75 Å². The number of hydrogen-bond donors (Lipinski definition) is 2. The standard InChI is InChI=1S/C10H11N3OS/c11-8-3-4-9(13-10(8)12)15-6-7-2-1-5-14-7/h1-5H,6,11H2,(H2,12,13). The fraction of sp³-hybridized carbons (Fsp3) is 0.100. The zero-order chi connectivity index (χ0) is 10.7. The number of furan rings is 1. The number of rotatable bonds is 3. The van der Waals surface area contributed by atoms with E-state index in [2.05, 4.69) is 4.98 Å². The summed E-state index contributed by atoms with van der Waals surface area (Å²) in [7, 11) is 0. The van der Waals surface area contributed by atoms with Gasteiger partial charge in [-0.05, 0) is 24.3 Å². The molecular weight excluding hydrogens is 210 g/mol. The molecule has 78 valence electrons. The third-order valence-electron chi connectivity index (χ3n) is 1.87. The van der Waals surface area contributed by atoms with Crippen molar-refractivity contribution in [1.29, 1.82) is 0 Å². The predicted molar refractivity (Wildman–Crippen MR) is 61.3 cm³/mol. The van der Waals surface area contributed by atoms with Crippen LogP contribution in [0.4, 0.5) is 11.5 Å². The summed E-state index contributed by atoms with van der Waals surface area (Å²) in [5, 5.41) is 0.845. The van der Waals surface area contributed by atoms with Gasteiger partial charge in [-0.15, -0.1) is 0 Å². The minimum absolute atomic E-state index is 0.374. The Morgan fingerprint density at radius 1 is 1.27 bits per heavy atom. The Labute approximate surface area is 91.7 Å². The molecule has 0 radical (unpaired) electrons. The molecule has 0 fully saturated rings. The highest BCUT2D eigenvalue weighted by Gasteiger charge is 2.02. The van der Waals surface area contributed by atoms with Crippen molar-refractivity contribution in [3.63, 3.8) is 0 Å². The lowest BCUT2D eigenvalue weighted by Gasteiger charge is -2.02. The van der Waals surface area contributed by atoms with Crippen molar-refractivity contribution in [1.82, 2.24) is 4.98 Å². The van der Waals surface area contributed by atoms with Crippen LogP contribution >= 0.6 is 11.8 Å². The Bertz CT molecular complexity index is 442. The lowest BCUT2D eigenvalue weighted by Crippen LogP contribution is -1.97. The molecule has 0 bridgehead atoms. The molecule has 2 rings (SSSR count). The predicted octanol–water partition coefficient (Wildman–Crippen LogP) is 2.13. The summed E-state index contributed by atoms with van der Waals surface area (Å²) in [6.45, 7) is 0. The zero-order valence-electron chi connectivity index (χ0n) is 8.01. The Hall–Kier alpha value is -1.62.